The molecular formula is C13H17N. The van der Waals surface area contributed by atoms with Gasteiger partial charge in [0.2, 0.25) is 0 Å². The number of aromatic nitrogens is 1. The molecule has 2 rings (SSSR count). The van der Waals surface area contributed by atoms with Crippen LogP contribution in [0.25, 0.3) is 10.9 Å². The van der Waals surface area contributed by atoms with Crippen molar-refractivity contribution >= 4 is 10.9 Å². The third-order valence-electron chi connectivity index (χ3n) is 2.84. The molecule has 0 fully saturated rings. The van der Waals surface area contributed by atoms with Crippen LogP contribution in [0.15, 0.2) is 24.4 Å². The van der Waals surface area contributed by atoms with Crippen LogP contribution in [0.2, 0.25) is 0 Å². The standard InChI is InChI=1S/C13H17N/c1-4-11-9-14(5-2)13-7-6-10(3)8-12(11)13/h6-9H,4-5H2,1-3H3. The Morgan fingerprint density at radius 2 is 2.00 bits per heavy atom. The Hall–Kier alpha value is -1.24. The molecule has 0 aliphatic rings. The maximum atomic E-state index is 2.33. The lowest BCUT2D eigenvalue weighted by atomic mass is 10.1. The molecule has 74 valence electrons. The fourth-order valence-corrected chi connectivity index (χ4v) is 2.03. The molecule has 0 bridgehead atoms. The number of hydrogen-bond acceptors (Lipinski definition) is 0. The highest BCUT2D eigenvalue weighted by Gasteiger charge is 2.05. The Kier molecular flexibility index (Phi) is 2.32. The van der Waals surface area contributed by atoms with E-state index in [0.717, 1.165) is 13.0 Å². The summed E-state index contributed by atoms with van der Waals surface area (Å²) in [5, 5.41) is 1.43. The van der Waals surface area contributed by atoms with Crippen molar-refractivity contribution in [1.82, 2.24) is 4.57 Å². The van der Waals surface area contributed by atoms with Crippen molar-refractivity contribution in [1.29, 1.82) is 0 Å². The van der Waals surface area contributed by atoms with E-state index in [1.54, 1.807) is 0 Å². The first-order valence-electron chi connectivity index (χ1n) is 5.34. The monoisotopic (exact) mass is 187 g/mol. The van der Waals surface area contributed by atoms with E-state index < -0.39 is 0 Å². The second-order valence-electron chi connectivity index (χ2n) is 3.81. The highest BCUT2D eigenvalue weighted by molar-refractivity contribution is 5.84. The van der Waals surface area contributed by atoms with E-state index in [1.165, 1.54) is 22.0 Å². The first kappa shape index (κ1) is 9.32. The van der Waals surface area contributed by atoms with Gasteiger partial charge in [0.25, 0.3) is 0 Å². The number of aryl methyl sites for hydroxylation is 3. The van der Waals surface area contributed by atoms with E-state index in [0.29, 0.717) is 0 Å². The average Bonchev–Trinajstić information content (AvgIpc) is 2.55. The summed E-state index contributed by atoms with van der Waals surface area (Å²) in [6.07, 6.45) is 3.40. The Balaban J connectivity index is 2.75. The van der Waals surface area contributed by atoms with Crippen molar-refractivity contribution in [3.8, 4) is 0 Å². The van der Waals surface area contributed by atoms with Gasteiger partial charge in [-0.25, -0.2) is 0 Å². The summed E-state index contributed by atoms with van der Waals surface area (Å²) in [6, 6.07) is 6.71. The Labute approximate surface area is 85.4 Å². The number of benzene rings is 1. The number of rotatable bonds is 2. The molecular weight excluding hydrogens is 170 g/mol. The number of hydrogen-bond donors (Lipinski definition) is 0. The maximum Gasteiger partial charge on any atom is 0.0483 e. The van der Waals surface area contributed by atoms with Gasteiger partial charge in [0, 0.05) is 23.6 Å². The largest absolute Gasteiger partial charge is 0.347 e. The minimum absolute atomic E-state index is 1.06. The number of fused-ring (bicyclic) bond motifs is 1. The van der Waals surface area contributed by atoms with Crippen LogP contribution in [0.5, 0.6) is 0 Å². The molecule has 0 N–H and O–H groups in total. The average molecular weight is 187 g/mol. The Morgan fingerprint density at radius 3 is 2.64 bits per heavy atom. The molecule has 1 heterocycles. The fourth-order valence-electron chi connectivity index (χ4n) is 2.03. The molecule has 0 spiro atoms. The van der Waals surface area contributed by atoms with Crippen LogP contribution < -0.4 is 0 Å². The molecule has 1 aromatic carbocycles. The van der Waals surface area contributed by atoms with E-state index in [1.807, 2.05) is 0 Å². The van der Waals surface area contributed by atoms with Crippen molar-refractivity contribution in [3.05, 3.63) is 35.5 Å². The summed E-state index contributed by atoms with van der Waals surface area (Å²) >= 11 is 0. The van der Waals surface area contributed by atoms with Crippen LogP contribution in [-0.2, 0) is 13.0 Å². The Bertz CT molecular complexity index is 451. The Morgan fingerprint density at radius 1 is 1.21 bits per heavy atom. The smallest absolute Gasteiger partial charge is 0.0483 e. The van der Waals surface area contributed by atoms with Crippen molar-refractivity contribution in [2.45, 2.75) is 33.7 Å². The van der Waals surface area contributed by atoms with Gasteiger partial charge in [-0.05, 0) is 38.0 Å². The minimum atomic E-state index is 1.06. The maximum absolute atomic E-state index is 2.33. The van der Waals surface area contributed by atoms with E-state index in [2.05, 4.69) is 49.7 Å². The van der Waals surface area contributed by atoms with Gasteiger partial charge < -0.3 is 4.57 Å². The van der Waals surface area contributed by atoms with Crippen molar-refractivity contribution < 1.29 is 0 Å². The minimum Gasteiger partial charge on any atom is -0.347 e. The first-order valence-corrected chi connectivity index (χ1v) is 5.34. The summed E-state index contributed by atoms with van der Waals surface area (Å²) in [5.41, 5.74) is 4.18. The summed E-state index contributed by atoms with van der Waals surface area (Å²) < 4.78 is 2.33. The zero-order chi connectivity index (χ0) is 10.1. The van der Waals surface area contributed by atoms with Crippen molar-refractivity contribution in [2.24, 2.45) is 0 Å². The zero-order valence-corrected chi connectivity index (χ0v) is 9.17. The molecule has 0 unspecified atom stereocenters. The molecule has 0 amide bonds. The van der Waals surface area contributed by atoms with Crippen molar-refractivity contribution in [3.63, 3.8) is 0 Å². The van der Waals surface area contributed by atoms with Crippen LogP contribution in [0, 0.1) is 6.92 Å². The van der Waals surface area contributed by atoms with E-state index in [-0.39, 0.29) is 0 Å². The van der Waals surface area contributed by atoms with Gasteiger partial charge >= 0.3 is 0 Å². The van der Waals surface area contributed by atoms with E-state index in [9.17, 15) is 0 Å². The van der Waals surface area contributed by atoms with Gasteiger partial charge in [0.05, 0.1) is 0 Å². The second kappa shape index (κ2) is 3.49. The molecule has 2 aromatic rings. The molecule has 0 radical (unpaired) electrons. The number of nitrogens with zero attached hydrogens (tertiary/aromatic N) is 1. The van der Waals surface area contributed by atoms with Gasteiger partial charge in [0.15, 0.2) is 0 Å². The van der Waals surface area contributed by atoms with Gasteiger partial charge in [-0.3, -0.25) is 0 Å². The summed E-state index contributed by atoms with van der Waals surface area (Å²) in [7, 11) is 0. The lowest BCUT2D eigenvalue weighted by Crippen LogP contribution is -1.90. The lowest BCUT2D eigenvalue weighted by Gasteiger charge is -2.00. The molecule has 0 atom stereocenters. The predicted molar refractivity (Wildman–Crippen MR) is 61.7 cm³/mol. The van der Waals surface area contributed by atoms with Gasteiger partial charge in [0.1, 0.15) is 0 Å². The van der Waals surface area contributed by atoms with Crippen molar-refractivity contribution in [2.75, 3.05) is 0 Å². The van der Waals surface area contributed by atoms with Crippen LogP contribution in [0.3, 0.4) is 0 Å². The first-order chi connectivity index (χ1) is 6.76. The van der Waals surface area contributed by atoms with Gasteiger partial charge in [-0.15, -0.1) is 0 Å². The van der Waals surface area contributed by atoms with Gasteiger partial charge in [-0.1, -0.05) is 18.6 Å². The fraction of sp³-hybridized carbons (Fsp3) is 0.385. The summed E-state index contributed by atoms with van der Waals surface area (Å²) in [4.78, 5) is 0. The van der Waals surface area contributed by atoms with Crippen LogP contribution in [-0.4, -0.2) is 4.57 Å². The molecule has 1 aromatic heterocycles. The predicted octanol–water partition coefficient (Wildman–Crippen LogP) is 3.53. The highest BCUT2D eigenvalue weighted by Crippen LogP contribution is 2.23. The van der Waals surface area contributed by atoms with Crippen LogP contribution in [0.4, 0.5) is 0 Å². The molecule has 0 saturated heterocycles. The third-order valence-corrected chi connectivity index (χ3v) is 2.84. The molecule has 14 heavy (non-hydrogen) atoms. The SMILES string of the molecule is CCc1cn(CC)c2ccc(C)cc12. The van der Waals surface area contributed by atoms with Gasteiger partial charge in [-0.2, -0.15) is 0 Å². The molecule has 0 aliphatic carbocycles. The van der Waals surface area contributed by atoms with Crippen LogP contribution >= 0.6 is 0 Å². The molecule has 0 saturated carbocycles. The zero-order valence-electron chi connectivity index (χ0n) is 9.17. The van der Waals surface area contributed by atoms with E-state index >= 15 is 0 Å². The summed E-state index contributed by atoms with van der Waals surface area (Å²) in [6.45, 7) is 7.62. The molecule has 1 heteroatoms. The topological polar surface area (TPSA) is 4.93 Å². The lowest BCUT2D eigenvalue weighted by molar-refractivity contribution is 0.793. The second-order valence-corrected chi connectivity index (χ2v) is 3.81. The van der Waals surface area contributed by atoms with E-state index in [4.69, 9.17) is 0 Å². The third kappa shape index (κ3) is 1.33. The van der Waals surface area contributed by atoms with Crippen LogP contribution in [0.1, 0.15) is 25.0 Å². The normalized spacial score (nSPS) is 11.1. The summed E-state index contributed by atoms with van der Waals surface area (Å²) in [5.74, 6) is 0. The molecule has 0 aliphatic heterocycles. The molecule has 1 nitrogen and oxygen atoms in total. The highest BCUT2D eigenvalue weighted by atomic mass is 14.9. The quantitative estimate of drug-likeness (QED) is 0.677.